The molecule has 9 heteroatoms. The highest BCUT2D eigenvalue weighted by molar-refractivity contribution is 5.89. The fraction of sp³-hybridized carbons (Fsp3) is 0.371. The van der Waals surface area contributed by atoms with Crippen molar-refractivity contribution in [3.8, 4) is 5.75 Å². The van der Waals surface area contributed by atoms with Crippen LogP contribution in [0.5, 0.6) is 5.75 Å². The van der Waals surface area contributed by atoms with Crippen molar-refractivity contribution in [2.24, 2.45) is 5.73 Å². The number of aryl methyl sites for hydroxylation is 1. The Morgan fingerprint density at radius 3 is 2.70 bits per heavy atom. The molecule has 5 N–H and O–H groups in total. The lowest BCUT2D eigenvalue weighted by Gasteiger charge is -2.53. The Bertz CT molecular complexity index is 1760. The first kappa shape index (κ1) is 29.9. The van der Waals surface area contributed by atoms with Gasteiger partial charge in [0.15, 0.2) is 11.2 Å². The number of ether oxygens (including phenoxy) is 2. The van der Waals surface area contributed by atoms with Crippen LogP contribution in [0.25, 0.3) is 11.0 Å². The van der Waals surface area contributed by atoms with Crippen LogP contribution < -0.4 is 21.4 Å². The van der Waals surface area contributed by atoms with Crippen molar-refractivity contribution < 1.29 is 28.9 Å². The van der Waals surface area contributed by atoms with Gasteiger partial charge in [-0.15, -0.1) is 0 Å². The lowest BCUT2D eigenvalue weighted by Crippen LogP contribution is -2.65. The Hall–Kier alpha value is -4.18. The van der Waals surface area contributed by atoms with Crippen molar-refractivity contribution >= 4 is 16.9 Å². The monoisotopic (exact) mass is 598 g/mol. The van der Waals surface area contributed by atoms with Crippen LogP contribution in [0.3, 0.4) is 0 Å². The number of carbonyl (C=O) groups excluding carboxylic acids is 1. The zero-order valence-corrected chi connectivity index (χ0v) is 25.0. The second-order valence-electron chi connectivity index (χ2n) is 12.0. The van der Waals surface area contributed by atoms with E-state index in [4.69, 9.17) is 19.6 Å². The van der Waals surface area contributed by atoms with Gasteiger partial charge in [-0.3, -0.25) is 0 Å². The average Bonchev–Trinajstić information content (AvgIpc) is 3.38. The molecule has 4 atom stereocenters. The van der Waals surface area contributed by atoms with Gasteiger partial charge < -0.3 is 35.2 Å². The molecule has 3 aliphatic rings. The molecule has 0 amide bonds. The Morgan fingerprint density at radius 1 is 1.16 bits per heavy atom. The van der Waals surface area contributed by atoms with Crippen LogP contribution in [0.4, 0.5) is 0 Å². The van der Waals surface area contributed by atoms with Crippen molar-refractivity contribution in [1.29, 1.82) is 0 Å². The molecule has 9 nitrogen and oxygen atoms in total. The largest absolute Gasteiger partial charge is 0.481 e. The van der Waals surface area contributed by atoms with Crippen LogP contribution in [0, 0.1) is 0 Å². The first-order valence-corrected chi connectivity index (χ1v) is 15.1. The van der Waals surface area contributed by atoms with Crippen molar-refractivity contribution in [2.75, 3.05) is 13.2 Å². The topological polar surface area (TPSA) is 144 Å². The van der Waals surface area contributed by atoms with E-state index in [2.05, 4.69) is 17.4 Å². The number of hydrogen-bond donors (Lipinski definition) is 4. The van der Waals surface area contributed by atoms with E-state index in [1.165, 1.54) is 0 Å². The van der Waals surface area contributed by atoms with Gasteiger partial charge >= 0.3 is 11.6 Å². The molecule has 1 aliphatic carbocycles. The second-order valence-corrected chi connectivity index (χ2v) is 12.0. The molecule has 3 aromatic rings. The van der Waals surface area contributed by atoms with E-state index in [0.717, 1.165) is 27.6 Å². The first-order valence-electron chi connectivity index (χ1n) is 15.1. The Balaban J connectivity index is 1.53. The van der Waals surface area contributed by atoms with E-state index >= 15 is 0 Å². The molecule has 0 fully saturated rings. The molecular weight excluding hydrogens is 560 g/mol. The van der Waals surface area contributed by atoms with Gasteiger partial charge in [0.05, 0.1) is 12.1 Å². The van der Waals surface area contributed by atoms with Crippen LogP contribution in [-0.4, -0.2) is 46.8 Å². The van der Waals surface area contributed by atoms with Crippen molar-refractivity contribution in [1.82, 2.24) is 5.32 Å². The van der Waals surface area contributed by atoms with Crippen LogP contribution in [0.2, 0.25) is 0 Å². The lowest BCUT2D eigenvalue weighted by atomic mass is 9.59. The minimum atomic E-state index is -1.15. The molecule has 230 valence electrons. The van der Waals surface area contributed by atoms with Crippen LogP contribution in [0.1, 0.15) is 54.9 Å². The number of nitrogens with two attached hydrogens (primary N) is 1. The standard InChI is InChI=1S/C35H38N2O7/c1-3-21(12-14-39)33(41)44-34(2)18-23-7-4-5-9-27(23)31(24-10-11-30(36)37-20-24)35(34)19-26-16-25-15-22(8-6-13-38)32(40)42-28(25)17-29(26)43-35/h3-5,7,9-11,15-17,20,30-31,37-39H,6,8,12-14,18-19,36H2,1-2H3. The van der Waals surface area contributed by atoms with Gasteiger partial charge in [0, 0.05) is 61.3 Å². The van der Waals surface area contributed by atoms with E-state index in [0.29, 0.717) is 48.2 Å². The predicted octanol–water partition coefficient (Wildman–Crippen LogP) is 3.69. The minimum absolute atomic E-state index is 0.0184. The molecule has 0 saturated carbocycles. The number of fused-ring (bicyclic) bond motifs is 3. The second kappa shape index (κ2) is 11.7. The third-order valence-electron chi connectivity index (χ3n) is 9.17. The van der Waals surface area contributed by atoms with Crippen LogP contribution in [0.15, 0.2) is 87.3 Å². The summed E-state index contributed by atoms with van der Waals surface area (Å²) in [6, 6.07) is 13.7. The normalized spacial score (nSPS) is 25.7. The maximum absolute atomic E-state index is 13.7. The molecule has 2 aromatic carbocycles. The number of allylic oxidation sites excluding steroid dienone is 2. The Kier molecular flexibility index (Phi) is 7.96. The molecule has 4 unspecified atom stereocenters. The first-order chi connectivity index (χ1) is 21.2. The predicted molar refractivity (Wildman–Crippen MR) is 166 cm³/mol. The summed E-state index contributed by atoms with van der Waals surface area (Å²) >= 11 is 0. The summed E-state index contributed by atoms with van der Waals surface area (Å²) in [5.74, 6) is -0.308. The fourth-order valence-corrected chi connectivity index (χ4v) is 6.95. The summed E-state index contributed by atoms with van der Waals surface area (Å²) < 4.78 is 19.3. The molecule has 44 heavy (non-hydrogen) atoms. The highest BCUT2D eigenvalue weighted by Crippen LogP contribution is 2.58. The number of rotatable bonds is 8. The molecular formula is C35H38N2O7. The molecule has 0 saturated heterocycles. The number of esters is 1. The highest BCUT2D eigenvalue weighted by atomic mass is 16.6. The molecule has 1 aromatic heterocycles. The van der Waals surface area contributed by atoms with E-state index in [1.54, 1.807) is 19.1 Å². The number of carbonyl (C=O) groups is 1. The molecule has 0 radical (unpaired) electrons. The van der Waals surface area contributed by atoms with Gasteiger partial charge in [0.2, 0.25) is 0 Å². The van der Waals surface area contributed by atoms with Gasteiger partial charge in [0.1, 0.15) is 11.3 Å². The minimum Gasteiger partial charge on any atom is -0.481 e. The van der Waals surface area contributed by atoms with E-state index in [1.807, 2.05) is 49.5 Å². The molecule has 2 aliphatic heterocycles. The zero-order chi connectivity index (χ0) is 31.1. The number of nitrogens with one attached hydrogen (secondary N) is 1. The Labute approximate surface area is 255 Å². The summed E-state index contributed by atoms with van der Waals surface area (Å²) in [5, 5.41) is 22.9. The Morgan fingerprint density at radius 2 is 1.98 bits per heavy atom. The maximum Gasteiger partial charge on any atom is 0.339 e. The van der Waals surface area contributed by atoms with Gasteiger partial charge in [-0.1, -0.05) is 36.4 Å². The molecule has 1 spiro atoms. The molecule has 6 rings (SSSR count). The quantitative estimate of drug-likeness (QED) is 0.173. The maximum atomic E-state index is 13.7. The van der Waals surface area contributed by atoms with E-state index in [-0.39, 0.29) is 31.7 Å². The van der Waals surface area contributed by atoms with E-state index in [9.17, 15) is 19.8 Å². The average molecular weight is 599 g/mol. The smallest absolute Gasteiger partial charge is 0.339 e. The van der Waals surface area contributed by atoms with Crippen molar-refractivity contribution in [2.45, 2.75) is 69.2 Å². The number of benzene rings is 2. The zero-order valence-electron chi connectivity index (χ0n) is 25.0. The molecule has 3 heterocycles. The summed E-state index contributed by atoms with van der Waals surface area (Å²) in [6.45, 7) is 3.48. The lowest BCUT2D eigenvalue weighted by molar-refractivity contribution is -0.184. The SMILES string of the molecule is CC=C(CCO)C(=O)OC1(C)Cc2ccccc2C(C2=CNC(N)C=C2)C12Cc1cc3cc(CCCO)c(=O)oc3cc1O2. The van der Waals surface area contributed by atoms with Gasteiger partial charge in [-0.05, 0) is 67.2 Å². The van der Waals surface area contributed by atoms with Crippen molar-refractivity contribution in [3.05, 3.63) is 111 Å². The summed E-state index contributed by atoms with van der Waals surface area (Å²) in [4.78, 5) is 26.4. The number of aliphatic hydroxyl groups is 2. The van der Waals surface area contributed by atoms with Gasteiger partial charge in [-0.2, -0.15) is 0 Å². The summed E-state index contributed by atoms with van der Waals surface area (Å²) in [6.07, 6.45) is 9.00. The van der Waals surface area contributed by atoms with Gasteiger partial charge in [0.25, 0.3) is 0 Å². The summed E-state index contributed by atoms with van der Waals surface area (Å²) in [5.41, 5.74) is 8.66. The van der Waals surface area contributed by atoms with E-state index < -0.39 is 22.8 Å². The fourth-order valence-electron chi connectivity index (χ4n) is 6.95. The van der Waals surface area contributed by atoms with Crippen molar-refractivity contribution in [3.63, 3.8) is 0 Å². The number of dihydropyridines is 1. The third-order valence-corrected chi connectivity index (χ3v) is 9.17. The third kappa shape index (κ3) is 5.04. The number of hydrogen-bond acceptors (Lipinski definition) is 9. The number of aliphatic hydroxyl groups excluding tert-OH is 2. The molecule has 0 bridgehead atoms. The highest BCUT2D eigenvalue weighted by Gasteiger charge is 2.64. The van der Waals surface area contributed by atoms with Crippen LogP contribution >= 0.6 is 0 Å². The van der Waals surface area contributed by atoms with Gasteiger partial charge in [-0.25, -0.2) is 9.59 Å². The van der Waals surface area contributed by atoms with Crippen LogP contribution in [-0.2, 0) is 28.8 Å². The summed E-state index contributed by atoms with van der Waals surface area (Å²) in [7, 11) is 0.